The van der Waals surface area contributed by atoms with Crippen molar-refractivity contribution in [1.82, 2.24) is 15.1 Å². The van der Waals surface area contributed by atoms with Crippen LogP contribution in [-0.4, -0.2) is 36.6 Å². The van der Waals surface area contributed by atoms with Crippen LogP contribution in [0.4, 0.5) is 0 Å². The first kappa shape index (κ1) is 18.4. The van der Waals surface area contributed by atoms with Crippen molar-refractivity contribution in [3.63, 3.8) is 0 Å². The maximum atomic E-state index is 5.96. The minimum atomic E-state index is 0.260. The van der Waals surface area contributed by atoms with Gasteiger partial charge in [0.2, 0.25) is 0 Å². The third-order valence-electron chi connectivity index (χ3n) is 5.01. The van der Waals surface area contributed by atoms with Crippen molar-refractivity contribution in [3.05, 3.63) is 71.5 Å². The molecule has 146 valence electrons. The van der Waals surface area contributed by atoms with Crippen LogP contribution in [0.2, 0.25) is 0 Å². The zero-order valence-electron chi connectivity index (χ0n) is 16.2. The fraction of sp³-hybridized carbons (Fsp3) is 0.318. The molecule has 1 atom stereocenters. The number of hydrogen-bond donors (Lipinski definition) is 1. The Kier molecular flexibility index (Phi) is 5.48. The third kappa shape index (κ3) is 3.97. The molecular formula is C22H25N3O3. The first-order valence-corrected chi connectivity index (χ1v) is 9.42. The summed E-state index contributed by atoms with van der Waals surface area (Å²) in [4.78, 5) is 0. The maximum Gasteiger partial charge on any atom is 0.164 e. The van der Waals surface area contributed by atoms with Crippen LogP contribution in [0.3, 0.4) is 0 Å². The number of para-hydroxylation sites is 1. The van der Waals surface area contributed by atoms with Gasteiger partial charge in [0.15, 0.2) is 11.5 Å². The number of nitrogens with one attached hydrogen (secondary N) is 1. The van der Waals surface area contributed by atoms with Crippen LogP contribution in [0, 0.1) is 0 Å². The van der Waals surface area contributed by atoms with Crippen LogP contribution in [0.15, 0.2) is 54.9 Å². The number of hydrogen-bond acceptors (Lipinski definition) is 5. The lowest BCUT2D eigenvalue weighted by Gasteiger charge is -2.27. The topological polar surface area (TPSA) is 57.5 Å². The van der Waals surface area contributed by atoms with Gasteiger partial charge >= 0.3 is 0 Å². The molecule has 1 aliphatic heterocycles. The zero-order valence-corrected chi connectivity index (χ0v) is 16.2. The minimum absolute atomic E-state index is 0.260. The normalized spacial score (nSPS) is 15.6. The van der Waals surface area contributed by atoms with Gasteiger partial charge in [0, 0.05) is 30.5 Å². The van der Waals surface area contributed by atoms with Crippen LogP contribution in [0.25, 0.3) is 0 Å². The number of aromatic nitrogens is 2. The van der Waals surface area contributed by atoms with Gasteiger partial charge in [-0.15, -0.1) is 0 Å². The van der Waals surface area contributed by atoms with Gasteiger partial charge < -0.3 is 19.5 Å². The maximum absolute atomic E-state index is 5.96. The van der Waals surface area contributed by atoms with Gasteiger partial charge in [-0.25, -0.2) is 0 Å². The highest BCUT2D eigenvalue weighted by atomic mass is 16.5. The van der Waals surface area contributed by atoms with Gasteiger partial charge in [0.25, 0.3) is 0 Å². The monoisotopic (exact) mass is 379 g/mol. The number of ether oxygens (including phenoxy) is 3. The first-order chi connectivity index (χ1) is 13.8. The van der Waals surface area contributed by atoms with Gasteiger partial charge in [-0.1, -0.05) is 18.2 Å². The van der Waals surface area contributed by atoms with Crippen molar-refractivity contribution in [1.29, 1.82) is 0 Å². The zero-order chi connectivity index (χ0) is 19.3. The van der Waals surface area contributed by atoms with E-state index in [-0.39, 0.29) is 6.04 Å². The summed E-state index contributed by atoms with van der Waals surface area (Å²) in [7, 11) is 3.37. The van der Waals surface area contributed by atoms with Crippen molar-refractivity contribution < 1.29 is 14.2 Å². The molecule has 4 rings (SSSR count). The molecule has 0 saturated heterocycles. The van der Waals surface area contributed by atoms with E-state index >= 15 is 0 Å². The third-order valence-corrected chi connectivity index (χ3v) is 5.01. The minimum Gasteiger partial charge on any atom is -0.496 e. The molecule has 1 aromatic heterocycles. The van der Waals surface area contributed by atoms with Gasteiger partial charge in [-0.05, 0) is 41.8 Å². The number of methoxy groups -OCH3 is 2. The molecule has 0 unspecified atom stereocenters. The molecule has 0 bridgehead atoms. The quantitative estimate of drug-likeness (QED) is 0.684. The standard InChI is InChI=1S/C22H25N3O3/c1-26-20-8-7-16(11-18(20)14-25-10-4-9-24-25)13-23-19-12-17-5-3-6-21(27-2)22(17)28-15-19/h3-11,19,23H,12-15H2,1-2H3/t19-/m1/s1. The molecule has 0 spiro atoms. The highest BCUT2D eigenvalue weighted by molar-refractivity contribution is 5.48. The molecule has 28 heavy (non-hydrogen) atoms. The van der Waals surface area contributed by atoms with E-state index in [4.69, 9.17) is 14.2 Å². The molecule has 2 heterocycles. The van der Waals surface area contributed by atoms with E-state index in [1.165, 1.54) is 11.1 Å². The van der Waals surface area contributed by atoms with Gasteiger partial charge in [0.05, 0.1) is 20.8 Å². The van der Waals surface area contributed by atoms with Crippen LogP contribution < -0.4 is 19.5 Å². The fourth-order valence-corrected chi connectivity index (χ4v) is 3.58. The second kappa shape index (κ2) is 8.35. The van der Waals surface area contributed by atoms with E-state index in [1.54, 1.807) is 20.4 Å². The van der Waals surface area contributed by atoms with E-state index in [1.807, 2.05) is 35.1 Å². The average Bonchev–Trinajstić information content (AvgIpc) is 3.25. The molecule has 0 radical (unpaired) electrons. The van der Waals surface area contributed by atoms with Crippen molar-refractivity contribution in [3.8, 4) is 17.2 Å². The molecule has 0 saturated carbocycles. The lowest BCUT2D eigenvalue weighted by molar-refractivity contribution is 0.226. The number of nitrogens with zero attached hydrogens (tertiary/aromatic N) is 2. The Morgan fingerprint density at radius 2 is 2.04 bits per heavy atom. The first-order valence-electron chi connectivity index (χ1n) is 9.42. The van der Waals surface area contributed by atoms with E-state index in [9.17, 15) is 0 Å². The smallest absolute Gasteiger partial charge is 0.164 e. The number of rotatable bonds is 7. The molecule has 1 N–H and O–H groups in total. The fourth-order valence-electron chi connectivity index (χ4n) is 3.58. The van der Waals surface area contributed by atoms with Crippen molar-refractivity contribution in [2.45, 2.75) is 25.6 Å². The lowest BCUT2D eigenvalue weighted by atomic mass is 10.0. The molecule has 6 heteroatoms. The summed E-state index contributed by atoms with van der Waals surface area (Å²) in [5.41, 5.74) is 3.50. The van der Waals surface area contributed by atoms with E-state index in [0.29, 0.717) is 13.2 Å². The van der Waals surface area contributed by atoms with E-state index < -0.39 is 0 Å². The summed E-state index contributed by atoms with van der Waals surface area (Å²) in [6.07, 6.45) is 4.66. The molecule has 0 fully saturated rings. The van der Waals surface area contributed by atoms with Gasteiger partial charge in [0.1, 0.15) is 12.4 Å². The van der Waals surface area contributed by atoms with Crippen molar-refractivity contribution in [2.75, 3.05) is 20.8 Å². The Morgan fingerprint density at radius 1 is 1.14 bits per heavy atom. The van der Waals surface area contributed by atoms with E-state index in [0.717, 1.165) is 35.8 Å². The van der Waals surface area contributed by atoms with Crippen LogP contribution in [0.5, 0.6) is 17.2 Å². The second-order valence-corrected chi connectivity index (χ2v) is 6.89. The van der Waals surface area contributed by atoms with Gasteiger partial charge in [-0.2, -0.15) is 5.10 Å². The van der Waals surface area contributed by atoms with Crippen molar-refractivity contribution >= 4 is 0 Å². The molecule has 2 aromatic carbocycles. The summed E-state index contributed by atoms with van der Waals surface area (Å²) >= 11 is 0. The predicted octanol–water partition coefficient (Wildman–Crippen LogP) is 3.04. The Hall–Kier alpha value is -2.99. The van der Waals surface area contributed by atoms with Crippen LogP contribution in [-0.2, 0) is 19.5 Å². The van der Waals surface area contributed by atoms with Crippen LogP contribution in [0.1, 0.15) is 16.7 Å². The summed E-state index contributed by atoms with van der Waals surface area (Å²) < 4.78 is 18.8. The molecule has 6 nitrogen and oxygen atoms in total. The average molecular weight is 379 g/mol. The Balaban J connectivity index is 1.42. The second-order valence-electron chi connectivity index (χ2n) is 6.89. The highest BCUT2D eigenvalue weighted by Gasteiger charge is 2.22. The van der Waals surface area contributed by atoms with Gasteiger partial charge in [-0.3, -0.25) is 4.68 Å². The van der Waals surface area contributed by atoms with E-state index in [2.05, 4.69) is 28.6 Å². The summed E-state index contributed by atoms with van der Waals surface area (Å²) in [6.45, 7) is 2.08. The molecule has 0 amide bonds. The number of benzene rings is 2. The largest absolute Gasteiger partial charge is 0.496 e. The number of fused-ring (bicyclic) bond motifs is 1. The summed E-state index contributed by atoms with van der Waals surface area (Å²) in [5, 5.41) is 7.90. The summed E-state index contributed by atoms with van der Waals surface area (Å²) in [5.74, 6) is 2.55. The molecule has 1 aliphatic rings. The lowest BCUT2D eigenvalue weighted by Crippen LogP contribution is -2.38. The highest BCUT2D eigenvalue weighted by Crippen LogP contribution is 2.34. The molecular weight excluding hydrogens is 354 g/mol. The Labute approximate surface area is 165 Å². The molecule has 0 aliphatic carbocycles. The molecule has 3 aromatic rings. The van der Waals surface area contributed by atoms with Crippen molar-refractivity contribution in [2.24, 2.45) is 0 Å². The van der Waals surface area contributed by atoms with Crippen LogP contribution >= 0.6 is 0 Å². The Bertz CT molecular complexity index is 925. The Morgan fingerprint density at radius 3 is 2.82 bits per heavy atom. The SMILES string of the molecule is COc1ccc(CN[C@H]2COc3c(cccc3OC)C2)cc1Cn1cccn1. The summed E-state index contributed by atoms with van der Waals surface area (Å²) in [6, 6.07) is 14.5. The predicted molar refractivity (Wildman–Crippen MR) is 107 cm³/mol.